The van der Waals surface area contributed by atoms with Gasteiger partial charge in [-0.15, -0.1) is 0 Å². The van der Waals surface area contributed by atoms with Crippen LogP contribution in [-0.4, -0.2) is 62.8 Å². The minimum atomic E-state index is -0.183. The second-order valence-corrected chi connectivity index (χ2v) is 4.61. The summed E-state index contributed by atoms with van der Waals surface area (Å²) in [5, 5.41) is 6.08. The molecule has 100 valence electrons. The standard InChI is InChI=1S/C12H25N3O2/c1-4-10(2)15(3)7-5-14-12(16)11-9-17-8-6-13-11/h10-11,13H,4-9H2,1-3H3,(H,14,16). The molecule has 1 saturated heterocycles. The Balaban J connectivity index is 2.15. The highest BCUT2D eigenvalue weighted by molar-refractivity contribution is 5.81. The number of ether oxygens (including phenoxy) is 1. The zero-order valence-electron chi connectivity index (χ0n) is 11.2. The van der Waals surface area contributed by atoms with Crippen LogP contribution in [0.15, 0.2) is 0 Å². The van der Waals surface area contributed by atoms with Crippen LogP contribution in [0.5, 0.6) is 0 Å². The fourth-order valence-electron chi connectivity index (χ4n) is 1.74. The summed E-state index contributed by atoms with van der Waals surface area (Å²) in [6, 6.07) is 0.376. The van der Waals surface area contributed by atoms with Gasteiger partial charge in [0.05, 0.1) is 13.2 Å². The minimum Gasteiger partial charge on any atom is -0.378 e. The van der Waals surface area contributed by atoms with Gasteiger partial charge >= 0.3 is 0 Å². The minimum absolute atomic E-state index is 0.0438. The highest BCUT2D eigenvalue weighted by Crippen LogP contribution is 1.98. The van der Waals surface area contributed by atoms with Crippen molar-refractivity contribution in [1.82, 2.24) is 15.5 Å². The molecule has 5 heteroatoms. The first-order chi connectivity index (χ1) is 8.15. The predicted molar refractivity (Wildman–Crippen MR) is 68.0 cm³/mol. The Labute approximate surface area is 104 Å². The molecule has 0 radical (unpaired) electrons. The topological polar surface area (TPSA) is 53.6 Å². The molecule has 0 aromatic heterocycles. The number of morpholine rings is 1. The molecule has 0 aliphatic carbocycles. The lowest BCUT2D eigenvalue weighted by Gasteiger charge is -2.25. The van der Waals surface area contributed by atoms with Gasteiger partial charge in [0.1, 0.15) is 6.04 Å². The molecule has 0 spiro atoms. The van der Waals surface area contributed by atoms with Crippen LogP contribution in [0.2, 0.25) is 0 Å². The number of hydrogen-bond donors (Lipinski definition) is 2. The van der Waals surface area contributed by atoms with E-state index in [1.807, 2.05) is 0 Å². The first kappa shape index (κ1) is 14.4. The van der Waals surface area contributed by atoms with Crippen LogP contribution in [0.25, 0.3) is 0 Å². The van der Waals surface area contributed by atoms with Crippen LogP contribution in [0.1, 0.15) is 20.3 Å². The summed E-state index contributed by atoms with van der Waals surface area (Å²) in [4.78, 5) is 14.0. The molecule has 1 heterocycles. The smallest absolute Gasteiger partial charge is 0.239 e. The van der Waals surface area contributed by atoms with Crippen molar-refractivity contribution < 1.29 is 9.53 Å². The maximum Gasteiger partial charge on any atom is 0.239 e. The highest BCUT2D eigenvalue weighted by Gasteiger charge is 2.20. The maximum absolute atomic E-state index is 11.7. The number of nitrogens with zero attached hydrogens (tertiary/aromatic N) is 1. The van der Waals surface area contributed by atoms with Gasteiger partial charge in [0.25, 0.3) is 0 Å². The van der Waals surface area contributed by atoms with Gasteiger partial charge in [-0.05, 0) is 20.4 Å². The summed E-state index contributed by atoms with van der Waals surface area (Å²) in [5.41, 5.74) is 0. The van der Waals surface area contributed by atoms with Crippen LogP contribution < -0.4 is 10.6 Å². The molecule has 5 nitrogen and oxygen atoms in total. The van der Waals surface area contributed by atoms with E-state index in [-0.39, 0.29) is 11.9 Å². The van der Waals surface area contributed by atoms with Gasteiger partial charge in [-0.25, -0.2) is 0 Å². The van der Waals surface area contributed by atoms with Gasteiger partial charge in [-0.2, -0.15) is 0 Å². The van der Waals surface area contributed by atoms with Crippen molar-refractivity contribution in [3.8, 4) is 0 Å². The van der Waals surface area contributed by atoms with Crippen LogP contribution in [0.3, 0.4) is 0 Å². The molecule has 1 aliphatic heterocycles. The van der Waals surface area contributed by atoms with E-state index in [4.69, 9.17) is 4.74 Å². The summed E-state index contributed by atoms with van der Waals surface area (Å²) >= 11 is 0. The molecule has 0 saturated carbocycles. The Morgan fingerprint density at radius 1 is 1.65 bits per heavy atom. The number of carbonyl (C=O) groups excluding carboxylic acids is 1. The van der Waals surface area contributed by atoms with E-state index in [0.29, 0.717) is 25.8 Å². The van der Waals surface area contributed by atoms with Gasteiger partial charge in [-0.1, -0.05) is 6.92 Å². The number of nitrogens with one attached hydrogen (secondary N) is 2. The molecular formula is C12H25N3O2. The summed E-state index contributed by atoms with van der Waals surface area (Å²) in [5.74, 6) is 0.0438. The quantitative estimate of drug-likeness (QED) is 0.679. The first-order valence-electron chi connectivity index (χ1n) is 6.44. The molecular weight excluding hydrogens is 218 g/mol. The average molecular weight is 243 g/mol. The van der Waals surface area contributed by atoms with Gasteiger partial charge in [0.2, 0.25) is 5.91 Å². The van der Waals surface area contributed by atoms with E-state index in [1.165, 1.54) is 0 Å². The van der Waals surface area contributed by atoms with Crippen molar-refractivity contribution in [2.45, 2.75) is 32.4 Å². The normalized spacial score (nSPS) is 22.5. The second kappa shape index (κ2) is 7.63. The molecule has 1 rings (SSSR count). The molecule has 2 unspecified atom stereocenters. The maximum atomic E-state index is 11.7. The zero-order valence-corrected chi connectivity index (χ0v) is 11.2. The predicted octanol–water partition coefficient (Wildman–Crippen LogP) is -0.179. The Morgan fingerprint density at radius 3 is 3.00 bits per heavy atom. The van der Waals surface area contributed by atoms with Crippen molar-refractivity contribution >= 4 is 5.91 Å². The van der Waals surface area contributed by atoms with Gasteiger partial charge in [0.15, 0.2) is 0 Å². The molecule has 1 amide bonds. The molecule has 0 bridgehead atoms. The van der Waals surface area contributed by atoms with E-state index in [1.54, 1.807) is 0 Å². The Kier molecular flexibility index (Phi) is 6.47. The van der Waals surface area contributed by atoms with Crippen LogP contribution in [-0.2, 0) is 9.53 Å². The van der Waals surface area contributed by atoms with E-state index >= 15 is 0 Å². The average Bonchev–Trinajstić information content (AvgIpc) is 2.38. The molecule has 2 N–H and O–H groups in total. The molecule has 17 heavy (non-hydrogen) atoms. The number of carbonyl (C=O) groups is 1. The molecule has 0 aromatic rings. The number of hydrogen-bond acceptors (Lipinski definition) is 4. The molecule has 2 atom stereocenters. The van der Waals surface area contributed by atoms with Gasteiger partial charge in [-0.3, -0.25) is 4.79 Å². The third-order valence-corrected chi connectivity index (χ3v) is 3.35. The number of rotatable bonds is 6. The largest absolute Gasteiger partial charge is 0.378 e. The van der Waals surface area contributed by atoms with Gasteiger partial charge < -0.3 is 20.3 Å². The second-order valence-electron chi connectivity index (χ2n) is 4.61. The van der Waals surface area contributed by atoms with E-state index in [2.05, 4.69) is 36.4 Å². The number of likely N-dealkylation sites (N-methyl/N-ethyl adjacent to an activating group) is 1. The molecule has 0 aromatic carbocycles. The lowest BCUT2D eigenvalue weighted by Crippen LogP contribution is -2.52. The fraction of sp³-hybridized carbons (Fsp3) is 0.917. The van der Waals surface area contributed by atoms with Crippen LogP contribution >= 0.6 is 0 Å². The fourth-order valence-corrected chi connectivity index (χ4v) is 1.74. The monoisotopic (exact) mass is 243 g/mol. The zero-order chi connectivity index (χ0) is 12.7. The molecule has 1 fully saturated rings. The molecule has 1 aliphatic rings. The van der Waals surface area contributed by atoms with Crippen molar-refractivity contribution in [3.05, 3.63) is 0 Å². The lowest BCUT2D eigenvalue weighted by molar-refractivity contribution is -0.125. The van der Waals surface area contributed by atoms with Crippen molar-refractivity contribution in [3.63, 3.8) is 0 Å². The third-order valence-electron chi connectivity index (χ3n) is 3.35. The Bertz CT molecular complexity index is 230. The van der Waals surface area contributed by atoms with E-state index in [0.717, 1.165) is 19.5 Å². The first-order valence-corrected chi connectivity index (χ1v) is 6.44. The summed E-state index contributed by atoms with van der Waals surface area (Å²) in [6.45, 7) is 7.87. The lowest BCUT2D eigenvalue weighted by atomic mass is 10.2. The van der Waals surface area contributed by atoms with Crippen molar-refractivity contribution in [2.24, 2.45) is 0 Å². The SMILES string of the molecule is CCC(C)N(C)CCNC(=O)C1COCCN1. The summed E-state index contributed by atoms with van der Waals surface area (Å²) in [7, 11) is 2.09. The summed E-state index contributed by atoms with van der Waals surface area (Å²) in [6.07, 6.45) is 1.13. The van der Waals surface area contributed by atoms with Gasteiger partial charge in [0, 0.05) is 25.7 Å². The van der Waals surface area contributed by atoms with Crippen molar-refractivity contribution in [1.29, 1.82) is 0 Å². The summed E-state index contributed by atoms with van der Waals surface area (Å²) < 4.78 is 5.25. The third kappa shape index (κ3) is 5.02. The Hall–Kier alpha value is -0.650. The van der Waals surface area contributed by atoms with Crippen LogP contribution in [0, 0.1) is 0 Å². The van der Waals surface area contributed by atoms with Crippen molar-refractivity contribution in [2.75, 3.05) is 39.9 Å². The number of amides is 1. The van der Waals surface area contributed by atoms with E-state index < -0.39 is 0 Å². The van der Waals surface area contributed by atoms with Crippen LogP contribution in [0.4, 0.5) is 0 Å². The Morgan fingerprint density at radius 2 is 2.41 bits per heavy atom. The van der Waals surface area contributed by atoms with E-state index in [9.17, 15) is 4.79 Å². The highest BCUT2D eigenvalue weighted by atomic mass is 16.5.